The van der Waals surface area contributed by atoms with E-state index in [4.69, 9.17) is 33.7 Å². The lowest BCUT2D eigenvalue weighted by Crippen LogP contribution is -2.29. The van der Waals surface area contributed by atoms with Gasteiger partial charge in [0.1, 0.15) is 6.61 Å². The molecule has 1 aromatic rings. The Balaban J connectivity index is 2.45. The van der Waals surface area contributed by atoms with E-state index in [-0.39, 0.29) is 6.61 Å². The van der Waals surface area contributed by atoms with Crippen molar-refractivity contribution in [3.05, 3.63) is 33.8 Å². The van der Waals surface area contributed by atoms with Crippen molar-refractivity contribution in [2.75, 3.05) is 13.1 Å². The minimum Gasteiger partial charge on any atom is -0.445 e. The van der Waals surface area contributed by atoms with Gasteiger partial charge in [-0.15, -0.1) is 0 Å². The molecule has 4 nitrogen and oxygen atoms in total. The number of ether oxygens (including phenoxy) is 1. The van der Waals surface area contributed by atoms with Crippen molar-refractivity contribution in [3.8, 4) is 0 Å². The molecule has 1 rings (SSSR count). The first kappa shape index (κ1) is 13.1. The molecule has 0 spiro atoms. The number of amides is 1. The van der Waals surface area contributed by atoms with Crippen LogP contribution < -0.4 is 11.1 Å². The molecule has 0 saturated carbocycles. The number of carbonyl (C=O) groups excluding carboxylic acids is 1. The van der Waals surface area contributed by atoms with Crippen LogP contribution in [0.5, 0.6) is 0 Å². The molecule has 6 heteroatoms. The van der Waals surface area contributed by atoms with Crippen molar-refractivity contribution in [1.82, 2.24) is 5.32 Å². The largest absolute Gasteiger partial charge is 0.445 e. The Morgan fingerprint density at radius 3 is 2.81 bits per heavy atom. The van der Waals surface area contributed by atoms with Crippen LogP contribution in [0.4, 0.5) is 4.79 Å². The van der Waals surface area contributed by atoms with Crippen molar-refractivity contribution in [2.45, 2.75) is 6.61 Å². The molecule has 16 heavy (non-hydrogen) atoms. The predicted octanol–water partition coefficient (Wildman–Crippen LogP) is 2.18. The Kier molecular flexibility index (Phi) is 5.38. The average molecular weight is 263 g/mol. The first-order valence-electron chi connectivity index (χ1n) is 4.68. The molecule has 1 aromatic carbocycles. The molecule has 88 valence electrons. The first-order valence-corrected chi connectivity index (χ1v) is 5.43. The lowest BCUT2D eigenvalue weighted by Gasteiger charge is -2.07. The van der Waals surface area contributed by atoms with Gasteiger partial charge in [0.15, 0.2) is 0 Å². The Hall–Kier alpha value is -0.970. The summed E-state index contributed by atoms with van der Waals surface area (Å²) in [5.41, 5.74) is 5.92. The fraction of sp³-hybridized carbons (Fsp3) is 0.300. The predicted molar refractivity (Wildman–Crippen MR) is 63.7 cm³/mol. The Bertz CT molecular complexity index is 372. The van der Waals surface area contributed by atoms with E-state index in [2.05, 4.69) is 5.32 Å². The summed E-state index contributed by atoms with van der Waals surface area (Å²) in [5.74, 6) is 0. The number of rotatable bonds is 4. The van der Waals surface area contributed by atoms with Crippen molar-refractivity contribution in [3.63, 3.8) is 0 Å². The van der Waals surface area contributed by atoms with Crippen LogP contribution in [0.3, 0.4) is 0 Å². The quantitative estimate of drug-likeness (QED) is 0.875. The van der Waals surface area contributed by atoms with E-state index in [9.17, 15) is 4.79 Å². The lowest BCUT2D eigenvalue weighted by atomic mass is 10.2. The first-order chi connectivity index (χ1) is 7.63. The molecule has 0 atom stereocenters. The number of carbonyl (C=O) groups is 1. The highest BCUT2D eigenvalue weighted by atomic mass is 35.5. The van der Waals surface area contributed by atoms with E-state index in [1.165, 1.54) is 0 Å². The van der Waals surface area contributed by atoms with Crippen LogP contribution in [0.15, 0.2) is 18.2 Å². The minimum atomic E-state index is -0.517. The number of nitrogens with two attached hydrogens (primary N) is 1. The van der Waals surface area contributed by atoms with Crippen molar-refractivity contribution in [2.24, 2.45) is 5.73 Å². The van der Waals surface area contributed by atoms with Crippen LogP contribution in [0.25, 0.3) is 0 Å². The zero-order chi connectivity index (χ0) is 12.0. The van der Waals surface area contributed by atoms with Gasteiger partial charge in [0.25, 0.3) is 0 Å². The van der Waals surface area contributed by atoms with Gasteiger partial charge in [-0.2, -0.15) is 0 Å². The molecular formula is C10H12Cl2N2O2. The van der Waals surface area contributed by atoms with Crippen LogP contribution in [0, 0.1) is 0 Å². The summed E-state index contributed by atoms with van der Waals surface area (Å²) in [5, 5.41) is 3.49. The summed E-state index contributed by atoms with van der Waals surface area (Å²) < 4.78 is 4.92. The molecule has 0 radical (unpaired) electrons. The summed E-state index contributed by atoms with van der Waals surface area (Å²) in [4.78, 5) is 11.1. The van der Waals surface area contributed by atoms with Gasteiger partial charge in [0.2, 0.25) is 0 Å². The molecule has 3 N–H and O–H groups in total. The van der Waals surface area contributed by atoms with Crippen LogP contribution in [0.2, 0.25) is 10.0 Å². The number of alkyl carbamates (subject to hydrolysis) is 1. The number of nitrogens with one attached hydrogen (secondary N) is 1. The smallest absolute Gasteiger partial charge is 0.407 e. The molecule has 0 aliphatic carbocycles. The minimum absolute atomic E-state index is 0.104. The zero-order valence-electron chi connectivity index (χ0n) is 8.50. The molecule has 0 fully saturated rings. The van der Waals surface area contributed by atoms with Gasteiger partial charge in [-0.3, -0.25) is 0 Å². The number of benzene rings is 1. The number of hydrogen-bond donors (Lipinski definition) is 2. The Labute approximate surface area is 104 Å². The highest BCUT2D eigenvalue weighted by molar-refractivity contribution is 6.35. The topological polar surface area (TPSA) is 64.3 Å². The fourth-order valence-electron chi connectivity index (χ4n) is 1.01. The van der Waals surface area contributed by atoms with Gasteiger partial charge in [-0.1, -0.05) is 29.3 Å². The third-order valence-corrected chi connectivity index (χ3v) is 2.37. The van der Waals surface area contributed by atoms with Crippen LogP contribution >= 0.6 is 23.2 Å². The second-order valence-corrected chi connectivity index (χ2v) is 3.87. The SMILES string of the molecule is NCCNC(=O)OCc1ccc(Cl)cc1Cl. The van der Waals surface area contributed by atoms with Crippen LogP contribution in [0.1, 0.15) is 5.56 Å². The van der Waals surface area contributed by atoms with Gasteiger partial charge in [-0.05, 0) is 12.1 Å². The summed E-state index contributed by atoms with van der Waals surface area (Å²) in [6, 6.07) is 4.99. The lowest BCUT2D eigenvalue weighted by molar-refractivity contribution is 0.140. The summed E-state index contributed by atoms with van der Waals surface area (Å²) in [6.45, 7) is 0.858. The van der Waals surface area contributed by atoms with Crippen molar-refractivity contribution in [1.29, 1.82) is 0 Å². The molecule has 0 aliphatic rings. The molecule has 1 amide bonds. The van der Waals surface area contributed by atoms with Gasteiger partial charge in [0, 0.05) is 28.7 Å². The molecule has 0 heterocycles. The second kappa shape index (κ2) is 6.58. The maximum atomic E-state index is 11.1. The molecule has 0 bridgehead atoms. The summed E-state index contributed by atoms with van der Waals surface area (Å²) in [7, 11) is 0. The van der Waals surface area contributed by atoms with Crippen LogP contribution in [-0.4, -0.2) is 19.2 Å². The number of hydrogen-bond acceptors (Lipinski definition) is 3. The van der Waals surface area contributed by atoms with E-state index in [1.54, 1.807) is 18.2 Å². The third kappa shape index (κ3) is 4.26. The maximum Gasteiger partial charge on any atom is 0.407 e. The van der Waals surface area contributed by atoms with E-state index in [0.717, 1.165) is 0 Å². The monoisotopic (exact) mass is 262 g/mol. The molecule has 0 aromatic heterocycles. The normalized spacial score (nSPS) is 9.94. The van der Waals surface area contributed by atoms with Gasteiger partial charge in [0.05, 0.1) is 0 Å². The molecule has 0 aliphatic heterocycles. The van der Waals surface area contributed by atoms with E-state index in [1.807, 2.05) is 0 Å². The molecule has 0 saturated heterocycles. The third-order valence-electron chi connectivity index (χ3n) is 1.79. The Morgan fingerprint density at radius 2 is 2.19 bits per heavy atom. The molecule has 0 unspecified atom stereocenters. The Morgan fingerprint density at radius 1 is 1.44 bits per heavy atom. The molecular weight excluding hydrogens is 251 g/mol. The van der Waals surface area contributed by atoms with Gasteiger partial charge >= 0.3 is 6.09 Å². The second-order valence-electron chi connectivity index (χ2n) is 3.03. The standard InChI is InChI=1S/C10H12Cl2N2O2/c11-8-2-1-7(9(12)5-8)6-16-10(15)14-4-3-13/h1-2,5H,3-4,6,13H2,(H,14,15). The van der Waals surface area contributed by atoms with E-state index < -0.39 is 6.09 Å². The van der Waals surface area contributed by atoms with Gasteiger partial charge < -0.3 is 15.8 Å². The fourth-order valence-corrected chi connectivity index (χ4v) is 1.47. The van der Waals surface area contributed by atoms with Gasteiger partial charge in [-0.25, -0.2) is 4.79 Å². The average Bonchev–Trinajstić information content (AvgIpc) is 2.25. The van der Waals surface area contributed by atoms with Crippen molar-refractivity contribution >= 4 is 29.3 Å². The summed E-state index contributed by atoms with van der Waals surface area (Å²) >= 11 is 11.6. The van der Waals surface area contributed by atoms with E-state index in [0.29, 0.717) is 28.7 Å². The number of halogens is 2. The summed E-state index contributed by atoms with van der Waals surface area (Å²) in [6.07, 6.45) is -0.517. The van der Waals surface area contributed by atoms with E-state index >= 15 is 0 Å². The highest BCUT2D eigenvalue weighted by Gasteiger charge is 2.05. The zero-order valence-corrected chi connectivity index (χ0v) is 10.0. The maximum absolute atomic E-state index is 11.1. The van der Waals surface area contributed by atoms with Crippen LogP contribution in [-0.2, 0) is 11.3 Å². The highest BCUT2D eigenvalue weighted by Crippen LogP contribution is 2.21. The van der Waals surface area contributed by atoms with Crippen molar-refractivity contribution < 1.29 is 9.53 Å².